The van der Waals surface area contributed by atoms with E-state index in [0.29, 0.717) is 5.69 Å². The van der Waals surface area contributed by atoms with Crippen LogP contribution >= 0.6 is 0 Å². The van der Waals surface area contributed by atoms with E-state index in [9.17, 15) is 14.7 Å². The van der Waals surface area contributed by atoms with Crippen molar-refractivity contribution in [2.24, 2.45) is 0 Å². The molecule has 0 spiro atoms. The second-order valence-corrected chi connectivity index (χ2v) is 3.29. The van der Waals surface area contributed by atoms with E-state index in [-0.39, 0.29) is 6.42 Å². The van der Waals surface area contributed by atoms with Gasteiger partial charge >= 0.3 is 11.9 Å². The van der Waals surface area contributed by atoms with Crippen molar-refractivity contribution >= 4 is 11.9 Å². The summed E-state index contributed by atoms with van der Waals surface area (Å²) in [6.45, 7) is 0. The smallest absolute Gasteiger partial charge is 0.347 e. The first kappa shape index (κ1) is 12.1. The summed E-state index contributed by atoms with van der Waals surface area (Å²) < 4.78 is 0. The van der Waals surface area contributed by atoms with Gasteiger partial charge in [0.1, 0.15) is 0 Å². The summed E-state index contributed by atoms with van der Waals surface area (Å²) >= 11 is 0. The molecule has 0 saturated heterocycles. The quantitative estimate of drug-likeness (QED) is 0.604. The average molecular weight is 225 g/mol. The first-order valence-corrected chi connectivity index (χ1v) is 4.56. The fourth-order valence-electron chi connectivity index (χ4n) is 1.16. The van der Waals surface area contributed by atoms with Crippen molar-refractivity contribution in [3.63, 3.8) is 0 Å². The van der Waals surface area contributed by atoms with Gasteiger partial charge in [0.25, 0.3) is 5.60 Å². The molecule has 0 saturated carbocycles. The summed E-state index contributed by atoms with van der Waals surface area (Å²) in [5, 5.41) is 26.7. The molecule has 1 heterocycles. The maximum absolute atomic E-state index is 10.6. The minimum Gasteiger partial charge on any atom is -0.479 e. The molecular formula is C10H11NO5. The fourth-order valence-corrected chi connectivity index (χ4v) is 1.16. The molecule has 0 bridgehead atoms. The maximum atomic E-state index is 10.6. The Morgan fingerprint density at radius 3 is 2.31 bits per heavy atom. The van der Waals surface area contributed by atoms with Crippen molar-refractivity contribution in [2.45, 2.75) is 18.4 Å². The lowest BCUT2D eigenvalue weighted by atomic mass is 9.97. The first-order chi connectivity index (χ1) is 7.47. The minimum absolute atomic E-state index is 0.0793. The van der Waals surface area contributed by atoms with Crippen molar-refractivity contribution in [3.8, 4) is 0 Å². The largest absolute Gasteiger partial charge is 0.479 e. The van der Waals surface area contributed by atoms with E-state index in [2.05, 4.69) is 4.98 Å². The molecule has 0 radical (unpaired) electrons. The molecule has 1 rings (SSSR count). The van der Waals surface area contributed by atoms with Gasteiger partial charge in [-0.3, -0.25) is 4.98 Å². The minimum atomic E-state index is -2.75. The molecule has 0 amide bonds. The van der Waals surface area contributed by atoms with Crippen LogP contribution in [0.15, 0.2) is 24.4 Å². The Morgan fingerprint density at radius 1 is 1.25 bits per heavy atom. The summed E-state index contributed by atoms with van der Waals surface area (Å²) in [7, 11) is 0. The Balaban J connectivity index is 2.72. The third-order valence-electron chi connectivity index (χ3n) is 2.18. The van der Waals surface area contributed by atoms with Crippen LogP contribution in [0.2, 0.25) is 0 Å². The number of carbonyl (C=O) groups is 2. The number of carboxylic acids is 2. The molecule has 0 aromatic carbocycles. The fraction of sp³-hybridized carbons (Fsp3) is 0.300. The predicted octanol–water partition coefficient (Wildman–Crippen LogP) is -0.0855. The van der Waals surface area contributed by atoms with Gasteiger partial charge in [-0.1, -0.05) is 6.07 Å². The summed E-state index contributed by atoms with van der Waals surface area (Å²) in [4.78, 5) is 25.2. The highest BCUT2D eigenvalue weighted by Crippen LogP contribution is 2.14. The first-order valence-electron chi connectivity index (χ1n) is 4.56. The molecule has 0 fully saturated rings. The van der Waals surface area contributed by atoms with Gasteiger partial charge in [-0.05, 0) is 18.6 Å². The SMILES string of the molecule is O=C(O)C(O)(CCc1ccccn1)C(=O)O. The van der Waals surface area contributed by atoms with E-state index in [1.165, 1.54) is 6.20 Å². The van der Waals surface area contributed by atoms with E-state index in [4.69, 9.17) is 10.2 Å². The molecule has 6 heteroatoms. The van der Waals surface area contributed by atoms with Crippen LogP contribution in [-0.2, 0) is 16.0 Å². The number of hydrogen-bond acceptors (Lipinski definition) is 4. The number of hydrogen-bond donors (Lipinski definition) is 3. The molecule has 0 unspecified atom stereocenters. The van der Waals surface area contributed by atoms with Gasteiger partial charge in [-0.15, -0.1) is 0 Å². The second-order valence-electron chi connectivity index (χ2n) is 3.29. The van der Waals surface area contributed by atoms with E-state index >= 15 is 0 Å². The highest BCUT2D eigenvalue weighted by Gasteiger charge is 2.44. The number of nitrogens with zero attached hydrogens (tertiary/aromatic N) is 1. The summed E-state index contributed by atoms with van der Waals surface area (Å²) in [6.07, 6.45) is 1.17. The number of rotatable bonds is 5. The molecule has 6 nitrogen and oxygen atoms in total. The van der Waals surface area contributed by atoms with Gasteiger partial charge in [0, 0.05) is 18.3 Å². The van der Waals surface area contributed by atoms with Gasteiger partial charge in [0.2, 0.25) is 0 Å². The van der Waals surface area contributed by atoms with Crippen molar-refractivity contribution in [3.05, 3.63) is 30.1 Å². The van der Waals surface area contributed by atoms with Crippen LogP contribution in [0.5, 0.6) is 0 Å². The third kappa shape index (κ3) is 2.54. The van der Waals surface area contributed by atoms with Gasteiger partial charge in [0.05, 0.1) is 0 Å². The molecule has 0 aliphatic carbocycles. The zero-order chi connectivity index (χ0) is 12.2. The Bertz CT molecular complexity index is 375. The van der Waals surface area contributed by atoms with E-state index < -0.39 is 24.0 Å². The lowest BCUT2D eigenvalue weighted by Crippen LogP contribution is -2.47. The summed E-state index contributed by atoms with van der Waals surface area (Å²) in [5.74, 6) is -3.54. The van der Waals surface area contributed by atoms with Gasteiger partial charge < -0.3 is 15.3 Å². The topological polar surface area (TPSA) is 108 Å². The van der Waals surface area contributed by atoms with Crippen LogP contribution in [0.4, 0.5) is 0 Å². The highest BCUT2D eigenvalue weighted by molar-refractivity contribution is 6.01. The van der Waals surface area contributed by atoms with Crippen molar-refractivity contribution in [1.29, 1.82) is 0 Å². The van der Waals surface area contributed by atoms with Crippen LogP contribution in [0.3, 0.4) is 0 Å². The molecule has 1 aromatic rings. The third-order valence-corrected chi connectivity index (χ3v) is 2.18. The number of aryl methyl sites for hydroxylation is 1. The van der Waals surface area contributed by atoms with Crippen LogP contribution in [0.1, 0.15) is 12.1 Å². The number of aliphatic carboxylic acids is 2. The molecule has 0 aliphatic rings. The average Bonchev–Trinajstić information content (AvgIpc) is 2.26. The molecule has 3 N–H and O–H groups in total. The van der Waals surface area contributed by atoms with Crippen LogP contribution in [0, 0.1) is 0 Å². The van der Waals surface area contributed by atoms with Crippen LogP contribution in [0.25, 0.3) is 0 Å². The van der Waals surface area contributed by atoms with Crippen molar-refractivity contribution in [1.82, 2.24) is 4.98 Å². The lowest BCUT2D eigenvalue weighted by Gasteiger charge is -2.17. The summed E-state index contributed by atoms with van der Waals surface area (Å²) in [5.41, 5.74) is -2.22. The Labute approximate surface area is 91.2 Å². The normalized spacial score (nSPS) is 11.1. The van der Waals surface area contributed by atoms with Crippen molar-refractivity contribution < 1.29 is 24.9 Å². The number of aromatic nitrogens is 1. The Kier molecular flexibility index (Phi) is 3.57. The highest BCUT2D eigenvalue weighted by atomic mass is 16.4. The second kappa shape index (κ2) is 4.71. The van der Waals surface area contributed by atoms with Gasteiger partial charge in [0.15, 0.2) is 0 Å². The van der Waals surface area contributed by atoms with Crippen molar-refractivity contribution in [2.75, 3.05) is 0 Å². The number of pyridine rings is 1. The van der Waals surface area contributed by atoms with E-state index in [1.807, 2.05) is 0 Å². The molecule has 1 aromatic heterocycles. The van der Waals surface area contributed by atoms with E-state index in [1.54, 1.807) is 18.2 Å². The molecule has 16 heavy (non-hydrogen) atoms. The Hall–Kier alpha value is -1.95. The Morgan fingerprint density at radius 2 is 1.88 bits per heavy atom. The lowest BCUT2D eigenvalue weighted by molar-refractivity contribution is -0.176. The zero-order valence-corrected chi connectivity index (χ0v) is 8.33. The van der Waals surface area contributed by atoms with Crippen LogP contribution < -0.4 is 0 Å². The molecule has 0 atom stereocenters. The van der Waals surface area contributed by atoms with Gasteiger partial charge in [-0.2, -0.15) is 0 Å². The predicted molar refractivity (Wildman–Crippen MR) is 52.8 cm³/mol. The zero-order valence-electron chi connectivity index (χ0n) is 8.33. The maximum Gasteiger partial charge on any atom is 0.347 e. The molecule has 0 aliphatic heterocycles. The molecule has 86 valence electrons. The number of carboxylic acid groups (broad SMARTS) is 2. The summed E-state index contributed by atoms with van der Waals surface area (Å²) in [6, 6.07) is 5.01. The van der Waals surface area contributed by atoms with E-state index in [0.717, 1.165) is 0 Å². The monoisotopic (exact) mass is 225 g/mol. The van der Waals surface area contributed by atoms with Gasteiger partial charge in [-0.25, -0.2) is 9.59 Å². The standard InChI is InChI=1S/C10H11NO5/c12-8(13)10(16,9(14)15)5-4-7-3-1-2-6-11-7/h1-3,6,16H,4-5H2,(H,12,13)(H,14,15). The van der Waals surface area contributed by atoms with Crippen LogP contribution in [-0.4, -0.2) is 37.8 Å². The molecular weight excluding hydrogens is 214 g/mol. The number of aliphatic hydroxyl groups is 1.